The number of aliphatic hydroxyl groups is 1. The van der Waals surface area contributed by atoms with Gasteiger partial charge in [0, 0.05) is 13.1 Å². The average molecular weight is 197 g/mol. The highest BCUT2D eigenvalue weighted by molar-refractivity contribution is 7.07. The van der Waals surface area contributed by atoms with Gasteiger partial charge in [0.05, 0.1) is 12.5 Å². The van der Waals surface area contributed by atoms with Crippen molar-refractivity contribution in [3.63, 3.8) is 0 Å². The van der Waals surface area contributed by atoms with Gasteiger partial charge in [-0.3, -0.25) is 4.79 Å². The van der Waals surface area contributed by atoms with Crippen molar-refractivity contribution in [3.8, 4) is 0 Å². The van der Waals surface area contributed by atoms with Crippen molar-refractivity contribution in [2.24, 2.45) is 0 Å². The third kappa shape index (κ3) is 1.89. The van der Waals surface area contributed by atoms with E-state index in [-0.39, 0.29) is 12.3 Å². The maximum atomic E-state index is 11.3. The first-order chi connectivity index (χ1) is 6.25. The molecule has 4 heteroatoms. The lowest BCUT2D eigenvalue weighted by atomic mass is 10.3. The van der Waals surface area contributed by atoms with E-state index in [1.54, 1.807) is 16.2 Å². The lowest BCUT2D eigenvalue weighted by molar-refractivity contribution is -0.128. The quantitative estimate of drug-likeness (QED) is 0.763. The van der Waals surface area contributed by atoms with Crippen LogP contribution < -0.4 is 0 Å². The average Bonchev–Trinajstić information content (AvgIpc) is 2.63. The molecule has 1 aliphatic rings. The molecule has 1 unspecified atom stereocenters. The number of rotatable bonds is 2. The van der Waals surface area contributed by atoms with Crippen LogP contribution in [0.4, 0.5) is 0 Å². The van der Waals surface area contributed by atoms with Gasteiger partial charge < -0.3 is 10.0 Å². The summed E-state index contributed by atoms with van der Waals surface area (Å²) in [6.07, 6.45) is -0.185. The fourth-order valence-electron chi connectivity index (χ4n) is 1.51. The molecular weight excluding hydrogens is 186 g/mol. The lowest BCUT2D eigenvalue weighted by Crippen LogP contribution is -2.24. The van der Waals surface area contributed by atoms with Crippen molar-refractivity contribution in [3.05, 3.63) is 22.4 Å². The molecule has 0 aliphatic carbocycles. The van der Waals surface area contributed by atoms with E-state index in [1.165, 1.54) is 0 Å². The van der Waals surface area contributed by atoms with Crippen LogP contribution in [0.3, 0.4) is 0 Å². The highest BCUT2D eigenvalue weighted by Gasteiger charge is 2.27. The Morgan fingerprint density at radius 3 is 3.08 bits per heavy atom. The maximum absolute atomic E-state index is 11.3. The third-order valence-corrected chi connectivity index (χ3v) is 2.88. The molecule has 2 heterocycles. The predicted molar refractivity (Wildman–Crippen MR) is 50.4 cm³/mol. The molecule has 2 rings (SSSR count). The second-order valence-corrected chi connectivity index (χ2v) is 4.04. The van der Waals surface area contributed by atoms with Crippen molar-refractivity contribution in [2.45, 2.75) is 19.1 Å². The van der Waals surface area contributed by atoms with E-state index in [0.717, 1.165) is 5.56 Å². The van der Waals surface area contributed by atoms with Gasteiger partial charge in [0.2, 0.25) is 5.91 Å². The van der Waals surface area contributed by atoms with E-state index in [2.05, 4.69) is 0 Å². The molecule has 1 atom stereocenters. The summed E-state index contributed by atoms with van der Waals surface area (Å²) in [7, 11) is 0. The largest absolute Gasteiger partial charge is 0.391 e. The van der Waals surface area contributed by atoms with Crippen LogP contribution in [0, 0.1) is 0 Å². The Balaban J connectivity index is 1.99. The van der Waals surface area contributed by atoms with Crippen LogP contribution in [-0.2, 0) is 11.3 Å². The minimum atomic E-state index is -0.467. The Kier molecular flexibility index (Phi) is 2.33. The molecule has 1 N–H and O–H groups in total. The first-order valence-corrected chi connectivity index (χ1v) is 5.17. The highest BCUT2D eigenvalue weighted by atomic mass is 32.1. The molecule has 1 fully saturated rings. The summed E-state index contributed by atoms with van der Waals surface area (Å²) in [5, 5.41) is 13.3. The summed E-state index contributed by atoms with van der Waals surface area (Å²) in [6, 6.07) is 2.00. The van der Waals surface area contributed by atoms with E-state index < -0.39 is 6.10 Å². The Labute approximate surface area is 80.6 Å². The molecule has 3 nitrogen and oxygen atoms in total. The number of likely N-dealkylation sites (tertiary alicyclic amines) is 1. The summed E-state index contributed by atoms with van der Waals surface area (Å²) in [6.45, 7) is 1.12. The van der Waals surface area contributed by atoms with Crippen LogP contribution in [0.2, 0.25) is 0 Å². The van der Waals surface area contributed by atoms with Crippen LogP contribution in [0.25, 0.3) is 0 Å². The zero-order chi connectivity index (χ0) is 9.26. The van der Waals surface area contributed by atoms with Crippen LogP contribution in [0.15, 0.2) is 16.8 Å². The second-order valence-electron chi connectivity index (χ2n) is 3.26. The molecule has 0 saturated carbocycles. The second kappa shape index (κ2) is 3.47. The molecule has 0 spiro atoms. The summed E-state index contributed by atoms with van der Waals surface area (Å²) >= 11 is 1.62. The standard InChI is InChI=1S/C9H11NO2S/c11-8-3-9(12)10(5-8)4-7-1-2-13-6-7/h1-2,6,8,11H,3-5H2. The number of β-amino-alcohol motifs (C(OH)–C–C–N with tert-alkyl or cyclic N) is 1. The predicted octanol–water partition coefficient (Wildman–Crippen LogP) is 0.841. The Bertz CT molecular complexity index is 297. The molecule has 1 aromatic rings. The molecule has 0 bridgehead atoms. The third-order valence-electron chi connectivity index (χ3n) is 2.15. The van der Waals surface area contributed by atoms with Gasteiger partial charge in [0.15, 0.2) is 0 Å². The van der Waals surface area contributed by atoms with Gasteiger partial charge >= 0.3 is 0 Å². The number of thiophene rings is 1. The zero-order valence-electron chi connectivity index (χ0n) is 7.14. The van der Waals surface area contributed by atoms with Crippen LogP contribution in [0.1, 0.15) is 12.0 Å². The molecule has 1 saturated heterocycles. The summed E-state index contributed by atoms with van der Waals surface area (Å²) in [4.78, 5) is 13.0. The topological polar surface area (TPSA) is 40.5 Å². The van der Waals surface area contributed by atoms with Crippen LogP contribution in [-0.4, -0.2) is 28.6 Å². The van der Waals surface area contributed by atoms with Crippen molar-refractivity contribution in [2.75, 3.05) is 6.54 Å². The number of amides is 1. The molecule has 70 valence electrons. The lowest BCUT2D eigenvalue weighted by Gasteiger charge is -2.14. The van der Waals surface area contributed by atoms with E-state index in [9.17, 15) is 9.90 Å². The smallest absolute Gasteiger partial charge is 0.225 e. The van der Waals surface area contributed by atoms with Crippen molar-refractivity contribution in [1.29, 1.82) is 0 Å². The summed E-state index contributed by atoms with van der Waals surface area (Å²) in [5.41, 5.74) is 1.15. The summed E-state index contributed by atoms with van der Waals surface area (Å²) < 4.78 is 0. The van der Waals surface area contributed by atoms with Gasteiger partial charge in [-0.05, 0) is 22.4 Å². The number of hydrogen-bond donors (Lipinski definition) is 1. The fraction of sp³-hybridized carbons (Fsp3) is 0.444. The van der Waals surface area contributed by atoms with Crippen LogP contribution in [0.5, 0.6) is 0 Å². The number of hydrogen-bond acceptors (Lipinski definition) is 3. The number of aliphatic hydroxyl groups excluding tert-OH is 1. The molecule has 13 heavy (non-hydrogen) atoms. The Hall–Kier alpha value is -0.870. The highest BCUT2D eigenvalue weighted by Crippen LogP contribution is 2.16. The van der Waals surface area contributed by atoms with Gasteiger partial charge in [-0.2, -0.15) is 11.3 Å². The van der Waals surface area contributed by atoms with Crippen LogP contribution >= 0.6 is 11.3 Å². The molecule has 0 radical (unpaired) electrons. The van der Waals surface area contributed by atoms with E-state index in [0.29, 0.717) is 13.1 Å². The van der Waals surface area contributed by atoms with Gasteiger partial charge in [-0.15, -0.1) is 0 Å². The number of carbonyl (C=O) groups excluding carboxylic acids is 1. The Morgan fingerprint density at radius 2 is 2.54 bits per heavy atom. The van der Waals surface area contributed by atoms with Crippen molar-refractivity contribution >= 4 is 17.2 Å². The van der Waals surface area contributed by atoms with Gasteiger partial charge in [0.25, 0.3) is 0 Å². The van der Waals surface area contributed by atoms with Crippen molar-refractivity contribution < 1.29 is 9.90 Å². The molecule has 1 amide bonds. The van der Waals surface area contributed by atoms with E-state index in [1.807, 2.05) is 16.8 Å². The normalized spacial score (nSPS) is 22.7. The zero-order valence-corrected chi connectivity index (χ0v) is 7.96. The van der Waals surface area contributed by atoms with Gasteiger partial charge in [-0.25, -0.2) is 0 Å². The van der Waals surface area contributed by atoms with Gasteiger partial charge in [-0.1, -0.05) is 0 Å². The minimum Gasteiger partial charge on any atom is -0.391 e. The van der Waals surface area contributed by atoms with E-state index >= 15 is 0 Å². The molecular formula is C9H11NO2S. The minimum absolute atomic E-state index is 0.0544. The Morgan fingerprint density at radius 1 is 1.69 bits per heavy atom. The summed E-state index contributed by atoms with van der Waals surface area (Å²) in [5.74, 6) is 0.0544. The van der Waals surface area contributed by atoms with E-state index in [4.69, 9.17) is 0 Å². The van der Waals surface area contributed by atoms with Crippen molar-refractivity contribution in [1.82, 2.24) is 4.90 Å². The number of nitrogens with zero attached hydrogens (tertiary/aromatic N) is 1. The SMILES string of the molecule is O=C1CC(O)CN1Cc1ccsc1. The molecule has 1 aliphatic heterocycles. The molecule has 1 aromatic heterocycles. The molecule has 0 aromatic carbocycles. The fourth-order valence-corrected chi connectivity index (χ4v) is 2.17. The first kappa shape index (κ1) is 8.72. The van der Waals surface area contributed by atoms with Gasteiger partial charge in [0.1, 0.15) is 0 Å². The number of carbonyl (C=O) groups is 1. The monoisotopic (exact) mass is 197 g/mol. The maximum Gasteiger partial charge on any atom is 0.225 e. The first-order valence-electron chi connectivity index (χ1n) is 4.22.